The molecule has 0 amide bonds. The lowest BCUT2D eigenvalue weighted by atomic mass is 9.48. The van der Waals surface area contributed by atoms with E-state index in [4.69, 9.17) is 4.55 Å². The highest BCUT2D eigenvalue weighted by molar-refractivity contribution is 7.85. The molecule has 34 heavy (non-hydrogen) atoms. The Labute approximate surface area is 206 Å². The molecule has 3 atom stereocenters. The van der Waals surface area contributed by atoms with Gasteiger partial charge in [-0.1, -0.05) is 20.3 Å². The number of aliphatic hydroxyl groups excluding tert-OH is 1. The van der Waals surface area contributed by atoms with Crippen LogP contribution in [0.2, 0.25) is 0 Å². The van der Waals surface area contributed by atoms with Gasteiger partial charge >= 0.3 is 0 Å². The normalized spacial score (nSPS) is 43.6. The number of carbonyl (C=O) groups excluding carboxylic acids is 1. The third-order valence-corrected chi connectivity index (χ3v) is 12.1. The number of aliphatic hydroxyl groups is 1. The summed E-state index contributed by atoms with van der Waals surface area (Å²) in [5, 5.41) is 10.9. The number of hydrogen-bond acceptors (Lipinski definition) is 5. The lowest BCUT2D eigenvalue weighted by Crippen LogP contribution is -2.54. The van der Waals surface area contributed by atoms with E-state index < -0.39 is 21.3 Å². The molecule has 1 aliphatic heterocycles. The maximum absolute atomic E-state index is 11.9. The van der Waals surface area contributed by atoms with Crippen LogP contribution in [-0.2, 0) is 14.9 Å². The standard InChI is InChI=1S/C17H29NO.C10H16O4S/c19-16(12-18-4-2-1-3-5-18)17-9-13-6-14(10-17)8-15(7-13)11-17;1-9(2)7-3-4-10(9,8(11)5-7)6-15(12,13)14/h13-16,19H,1-12H2;7H,3-6H2,1-2H3,(H,12,13,14). The zero-order valence-electron chi connectivity index (χ0n) is 21.2. The van der Waals surface area contributed by atoms with Crippen LogP contribution < -0.4 is 0 Å². The summed E-state index contributed by atoms with van der Waals surface area (Å²) < 4.78 is 31.0. The SMILES string of the molecule is CC1(C)C2CCC1(CS(=O)(=O)O)C(=O)C2.OC(CN1CCCCC1)C12CC3CC(CC(C3)C1)C2. The molecule has 7 aliphatic rings. The van der Waals surface area contributed by atoms with Crippen LogP contribution in [-0.4, -0.2) is 60.3 Å². The van der Waals surface area contributed by atoms with Crippen LogP contribution in [0.15, 0.2) is 0 Å². The second-order valence-corrected chi connectivity index (χ2v) is 15.0. The molecule has 2 N–H and O–H groups in total. The van der Waals surface area contributed by atoms with Gasteiger partial charge in [0.15, 0.2) is 0 Å². The number of ketones is 1. The number of likely N-dealkylation sites (tertiary alicyclic amines) is 1. The second kappa shape index (κ2) is 8.81. The van der Waals surface area contributed by atoms with E-state index in [0.717, 1.165) is 30.7 Å². The molecule has 0 aromatic rings. The van der Waals surface area contributed by atoms with E-state index in [0.29, 0.717) is 18.3 Å². The van der Waals surface area contributed by atoms with Gasteiger partial charge in [-0.05, 0) is 112 Å². The fourth-order valence-electron chi connectivity index (χ4n) is 9.59. The van der Waals surface area contributed by atoms with Crippen molar-refractivity contribution in [1.82, 2.24) is 4.90 Å². The van der Waals surface area contributed by atoms with Crippen LogP contribution in [0.25, 0.3) is 0 Å². The van der Waals surface area contributed by atoms with Crippen molar-refractivity contribution in [1.29, 1.82) is 0 Å². The Morgan fingerprint density at radius 3 is 2.00 bits per heavy atom. The average molecular weight is 496 g/mol. The number of piperidine rings is 1. The number of fused-ring (bicyclic) bond motifs is 2. The molecular weight excluding hydrogens is 450 g/mol. The maximum atomic E-state index is 11.9. The van der Waals surface area contributed by atoms with Crippen LogP contribution in [0.4, 0.5) is 0 Å². The van der Waals surface area contributed by atoms with Gasteiger partial charge in [0, 0.05) is 13.0 Å². The van der Waals surface area contributed by atoms with Crippen molar-refractivity contribution in [2.75, 3.05) is 25.4 Å². The maximum Gasteiger partial charge on any atom is 0.265 e. The van der Waals surface area contributed by atoms with Gasteiger partial charge in [-0.15, -0.1) is 0 Å². The zero-order chi connectivity index (χ0) is 24.4. The number of nitrogens with zero attached hydrogens (tertiary/aromatic N) is 1. The van der Waals surface area contributed by atoms with Crippen LogP contribution in [0.3, 0.4) is 0 Å². The van der Waals surface area contributed by atoms with Crippen molar-refractivity contribution in [2.24, 2.45) is 39.9 Å². The van der Waals surface area contributed by atoms with Gasteiger partial charge in [0.1, 0.15) is 5.78 Å². The van der Waals surface area contributed by atoms with Crippen molar-refractivity contribution < 1.29 is 22.9 Å². The van der Waals surface area contributed by atoms with E-state index in [9.17, 15) is 18.3 Å². The smallest absolute Gasteiger partial charge is 0.265 e. The number of β-amino-alcohol motifs (C(OH)–C–C–N with tert-alkyl or cyclic N) is 1. The van der Waals surface area contributed by atoms with E-state index in [1.54, 1.807) is 0 Å². The van der Waals surface area contributed by atoms with Gasteiger partial charge in [-0.25, -0.2) is 0 Å². The summed E-state index contributed by atoms with van der Waals surface area (Å²) in [4.78, 5) is 14.4. The van der Waals surface area contributed by atoms with E-state index >= 15 is 0 Å². The predicted molar refractivity (Wildman–Crippen MR) is 132 cm³/mol. The van der Waals surface area contributed by atoms with E-state index in [1.165, 1.54) is 70.9 Å². The first-order valence-electron chi connectivity index (χ1n) is 13.8. The molecule has 0 aromatic carbocycles. The third kappa shape index (κ3) is 4.41. The molecule has 6 aliphatic carbocycles. The number of Topliss-reactive ketones (excluding diaryl/α,β-unsaturated/α-hetero) is 1. The van der Waals surface area contributed by atoms with Crippen LogP contribution in [0.5, 0.6) is 0 Å². The van der Waals surface area contributed by atoms with Gasteiger partial charge in [-0.2, -0.15) is 8.42 Å². The lowest BCUT2D eigenvalue weighted by Gasteiger charge is -2.58. The van der Waals surface area contributed by atoms with Crippen molar-refractivity contribution in [2.45, 2.75) is 97.0 Å². The zero-order valence-corrected chi connectivity index (χ0v) is 22.0. The molecule has 6 nitrogen and oxygen atoms in total. The van der Waals surface area contributed by atoms with E-state index in [1.807, 2.05) is 13.8 Å². The molecule has 194 valence electrons. The van der Waals surface area contributed by atoms with Gasteiger partial charge in [0.25, 0.3) is 10.1 Å². The number of rotatable bonds is 5. The summed E-state index contributed by atoms with van der Waals surface area (Å²) in [6.45, 7) is 7.31. The number of hydrogen-bond donors (Lipinski definition) is 2. The van der Waals surface area contributed by atoms with Crippen molar-refractivity contribution in [3.8, 4) is 0 Å². The molecular formula is C27H45NO5S. The quantitative estimate of drug-likeness (QED) is 0.552. The highest BCUT2D eigenvalue weighted by Gasteiger charge is 2.65. The summed E-state index contributed by atoms with van der Waals surface area (Å²) in [5.74, 6) is 2.78. The summed E-state index contributed by atoms with van der Waals surface area (Å²) >= 11 is 0. The minimum atomic E-state index is -4.08. The summed E-state index contributed by atoms with van der Waals surface area (Å²) in [6, 6.07) is 0. The molecule has 7 heteroatoms. The Morgan fingerprint density at radius 1 is 1.00 bits per heavy atom. The van der Waals surface area contributed by atoms with Crippen molar-refractivity contribution in [3.63, 3.8) is 0 Å². The fraction of sp³-hybridized carbons (Fsp3) is 0.963. The molecule has 0 aromatic heterocycles. The summed E-state index contributed by atoms with van der Waals surface area (Å²) in [7, 11) is -4.08. The molecule has 7 rings (SSSR count). The average Bonchev–Trinajstić information content (AvgIpc) is 3.07. The molecule has 1 saturated heterocycles. The van der Waals surface area contributed by atoms with E-state index in [2.05, 4.69) is 4.90 Å². The molecule has 7 fully saturated rings. The Hall–Kier alpha value is -0.500. The summed E-state index contributed by atoms with van der Waals surface area (Å²) in [6.07, 6.45) is 14.5. The Kier molecular flexibility index (Phi) is 6.52. The Morgan fingerprint density at radius 2 is 1.56 bits per heavy atom. The molecule has 6 bridgehead atoms. The predicted octanol–water partition coefficient (Wildman–Crippen LogP) is 4.32. The topological polar surface area (TPSA) is 94.9 Å². The molecule has 0 radical (unpaired) electrons. The minimum Gasteiger partial charge on any atom is -0.391 e. The van der Waals surface area contributed by atoms with Crippen LogP contribution >= 0.6 is 0 Å². The lowest BCUT2D eigenvalue weighted by molar-refractivity contribution is -0.128. The van der Waals surface area contributed by atoms with Gasteiger partial charge in [0.05, 0.1) is 17.3 Å². The van der Waals surface area contributed by atoms with Crippen LogP contribution in [0.1, 0.15) is 90.9 Å². The Bertz CT molecular complexity index is 857. The highest BCUT2D eigenvalue weighted by atomic mass is 32.2. The van der Waals surface area contributed by atoms with Crippen LogP contribution in [0, 0.1) is 39.9 Å². The highest BCUT2D eigenvalue weighted by Crippen LogP contribution is 2.64. The first-order chi connectivity index (χ1) is 15.9. The Balaban J connectivity index is 0.000000146. The monoisotopic (exact) mass is 495 g/mol. The summed E-state index contributed by atoms with van der Waals surface area (Å²) in [5.41, 5.74) is -0.794. The van der Waals surface area contributed by atoms with E-state index in [-0.39, 0.29) is 23.2 Å². The molecule has 0 spiro atoms. The van der Waals surface area contributed by atoms with Gasteiger partial charge in [-0.3, -0.25) is 9.35 Å². The fourth-order valence-corrected chi connectivity index (χ4v) is 10.9. The molecule has 6 saturated carbocycles. The van der Waals surface area contributed by atoms with Gasteiger partial charge < -0.3 is 10.0 Å². The first-order valence-corrected chi connectivity index (χ1v) is 15.4. The third-order valence-electron chi connectivity index (χ3n) is 11.2. The number of carbonyl (C=O) groups is 1. The second-order valence-electron chi connectivity index (χ2n) is 13.5. The molecule has 1 heterocycles. The largest absolute Gasteiger partial charge is 0.391 e. The van der Waals surface area contributed by atoms with Crippen molar-refractivity contribution >= 4 is 15.9 Å². The van der Waals surface area contributed by atoms with Crippen molar-refractivity contribution in [3.05, 3.63) is 0 Å². The minimum absolute atomic E-state index is 0.0152. The molecule has 3 unspecified atom stereocenters. The van der Waals surface area contributed by atoms with Gasteiger partial charge in [0.2, 0.25) is 0 Å². The first kappa shape index (κ1) is 25.2.